The molecule has 4 atom stereocenters. The molecule has 0 unspecified atom stereocenters. The van der Waals surface area contributed by atoms with E-state index in [0.29, 0.717) is 23.3 Å². The molecule has 1 aromatic heterocycles. The van der Waals surface area contributed by atoms with Crippen LogP contribution in [0.2, 0.25) is 0 Å². The van der Waals surface area contributed by atoms with Gasteiger partial charge in [-0.25, -0.2) is 4.79 Å². The Morgan fingerprint density at radius 2 is 2.08 bits per heavy atom. The molecule has 138 valence electrons. The first-order valence-electron chi connectivity index (χ1n) is 9.55. The lowest BCUT2D eigenvalue weighted by atomic mass is 9.75. The van der Waals surface area contributed by atoms with Gasteiger partial charge in [0.1, 0.15) is 6.10 Å². The fourth-order valence-electron chi connectivity index (χ4n) is 4.21. The summed E-state index contributed by atoms with van der Waals surface area (Å²) < 4.78 is 5.99. The highest BCUT2D eigenvalue weighted by atomic mass is 16.5. The van der Waals surface area contributed by atoms with Crippen LogP contribution in [0.3, 0.4) is 0 Å². The van der Waals surface area contributed by atoms with Crippen LogP contribution < -0.4 is 0 Å². The molecule has 0 spiro atoms. The lowest BCUT2D eigenvalue weighted by molar-refractivity contribution is -0.160. The van der Waals surface area contributed by atoms with Crippen LogP contribution in [-0.2, 0) is 14.9 Å². The summed E-state index contributed by atoms with van der Waals surface area (Å²) >= 11 is 0. The zero-order valence-electron chi connectivity index (χ0n) is 16.1. The van der Waals surface area contributed by atoms with Crippen molar-refractivity contribution in [3.8, 4) is 6.07 Å². The van der Waals surface area contributed by atoms with Gasteiger partial charge in [-0.3, -0.25) is 0 Å². The molecular formula is C22H28N2O2. The average molecular weight is 352 g/mol. The molecule has 1 aliphatic rings. The van der Waals surface area contributed by atoms with E-state index in [-0.39, 0.29) is 6.10 Å². The number of carbonyl (C=O) groups excluding carboxylic acids is 1. The maximum Gasteiger partial charge on any atom is 0.331 e. The molecule has 1 aliphatic carbocycles. The number of nitrogens with one attached hydrogen (secondary N) is 1. The molecule has 0 saturated heterocycles. The number of nitriles is 1. The van der Waals surface area contributed by atoms with E-state index in [4.69, 9.17) is 4.74 Å². The van der Waals surface area contributed by atoms with Crippen LogP contribution in [0.15, 0.2) is 30.5 Å². The fourth-order valence-corrected chi connectivity index (χ4v) is 4.21. The molecule has 1 aromatic carbocycles. The van der Waals surface area contributed by atoms with Crippen LogP contribution in [0.5, 0.6) is 0 Å². The van der Waals surface area contributed by atoms with Crippen molar-refractivity contribution < 1.29 is 9.53 Å². The van der Waals surface area contributed by atoms with Crippen molar-refractivity contribution in [3.63, 3.8) is 0 Å². The topological polar surface area (TPSA) is 65.9 Å². The molecule has 1 N–H and O–H groups in total. The first-order chi connectivity index (χ1) is 12.4. The number of benzene rings is 1. The molecule has 3 rings (SSSR count). The molecule has 1 fully saturated rings. The number of carbonyl (C=O) groups is 1. The highest BCUT2D eigenvalue weighted by molar-refractivity contribution is 5.94. The van der Waals surface area contributed by atoms with Gasteiger partial charge in [-0.2, -0.15) is 5.26 Å². The van der Waals surface area contributed by atoms with Crippen molar-refractivity contribution in [3.05, 3.63) is 36.0 Å². The van der Waals surface area contributed by atoms with Crippen molar-refractivity contribution >= 4 is 16.9 Å². The Hall–Kier alpha value is -2.28. The van der Waals surface area contributed by atoms with E-state index in [1.54, 1.807) is 13.1 Å². The van der Waals surface area contributed by atoms with E-state index in [0.717, 1.165) is 23.7 Å². The smallest absolute Gasteiger partial charge is 0.331 e. The minimum absolute atomic E-state index is 0.107. The number of rotatable bonds is 4. The van der Waals surface area contributed by atoms with Crippen LogP contribution >= 0.6 is 0 Å². The summed E-state index contributed by atoms with van der Waals surface area (Å²) in [7, 11) is 0. The number of fused-ring (bicyclic) bond motifs is 1. The van der Waals surface area contributed by atoms with Crippen molar-refractivity contribution in [2.75, 3.05) is 0 Å². The minimum atomic E-state index is -1.32. The molecule has 2 aromatic rings. The van der Waals surface area contributed by atoms with Crippen molar-refractivity contribution in [1.82, 2.24) is 4.98 Å². The summed E-state index contributed by atoms with van der Waals surface area (Å²) in [5.41, 5.74) is 0.288. The predicted octanol–water partition coefficient (Wildman–Crippen LogP) is 4.95. The van der Waals surface area contributed by atoms with Gasteiger partial charge in [-0.1, -0.05) is 45.4 Å². The number of aromatic amines is 1. The molecule has 4 heteroatoms. The van der Waals surface area contributed by atoms with E-state index < -0.39 is 11.4 Å². The number of nitrogens with zero attached hydrogens (tertiary/aromatic N) is 1. The average Bonchev–Trinajstić information content (AvgIpc) is 3.05. The Morgan fingerprint density at radius 1 is 1.35 bits per heavy atom. The largest absolute Gasteiger partial charge is 0.461 e. The van der Waals surface area contributed by atoms with Gasteiger partial charge < -0.3 is 9.72 Å². The highest BCUT2D eigenvalue weighted by Crippen LogP contribution is 2.38. The molecule has 26 heavy (non-hydrogen) atoms. The summed E-state index contributed by atoms with van der Waals surface area (Å²) in [5, 5.41) is 10.8. The van der Waals surface area contributed by atoms with Gasteiger partial charge in [0.2, 0.25) is 0 Å². The second-order valence-electron chi connectivity index (χ2n) is 8.25. The number of H-pyrrole nitrogens is 1. The van der Waals surface area contributed by atoms with E-state index in [1.165, 1.54) is 6.42 Å². The second kappa shape index (κ2) is 7.15. The molecule has 0 amide bonds. The Kier molecular flexibility index (Phi) is 5.09. The van der Waals surface area contributed by atoms with Crippen molar-refractivity contribution in [2.45, 2.75) is 58.5 Å². The van der Waals surface area contributed by atoms with Crippen LogP contribution in [0.4, 0.5) is 0 Å². The Bertz CT molecular complexity index is 832. The van der Waals surface area contributed by atoms with E-state index >= 15 is 0 Å². The third kappa shape index (κ3) is 3.23. The maximum atomic E-state index is 13.1. The van der Waals surface area contributed by atoms with Crippen LogP contribution in [0.1, 0.15) is 52.5 Å². The lowest BCUT2D eigenvalue weighted by Gasteiger charge is -2.37. The van der Waals surface area contributed by atoms with Gasteiger partial charge in [0, 0.05) is 22.7 Å². The van der Waals surface area contributed by atoms with Crippen molar-refractivity contribution in [2.24, 2.45) is 17.8 Å². The fraction of sp³-hybridized carbons (Fsp3) is 0.545. The summed E-state index contributed by atoms with van der Waals surface area (Å²) in [5.74, 6) is 0.932. The summed E-state index contributed by atoms with van der Waals surface area (Å²) in [4.78, 5) is 16.3. The second-order valence-corrected chi connectivity index (χ2v) is 8.25. The molecule has 4 nitrogen and oxygen atoms in total. The quantitative estimate of drug-likeness (QED) is 0.791. The predicted molar refractivity (Wildman–Crippen MR) is 102 cm³/mol. The van der Waals surface area contributed by atoms with Gasteiger partial charge >= 0.3 is 5.97 Å². The van der Waals surface area contributed by atoms with E-state index in [1.807, 2.05) is 24.3 Å². The molecule has 1 saturated carbocycles. The monoisotopic (exact) mass is 352 g/mol. The maximum absolute atomic E-state index is 13.1. The Balaban J connectivity index is 1.90. The van der Waals surface area contributed by atoms with Crippen LogP contribution in [0.25, 0.3) is 10.9 Å². The molecule has 0 radical (unpaired) electrons. The first kappa shape index (κ1) is 18.5. The van der Waals surface area contributed by atoms with Gasteiger partial charge in [-0.05, 0) is 43.6 Å². The standard InChI is InChI=1S/C22H28N2O2/c1-14(2)16-10-9-15(3)11-20(16)26-21(25)22(4,13-23)18-12-24-19-8-6-5-7-17(18)19/h5-8,12,14-16,20,24H,9-11H2,1-4H3/t15-,16+,20-,22+/m1/s1. The van der Waals surface area contributed by atoms with Crippen LogP contribution in [-0.4, -0.2) is 17.1 Å². The van der Waals surface area contributed by atoms with Gasteiger partial charge in [-0.15, -0.1) is 0 Å². The SMILES string of the molecule is CC(C)[C@@H]1CC[C@@H](C)C[C@H]1OC(=O)[C@@](C)(C#N)c1c[nH]c2ccccc12. The van der Waals surface area contributed by atoms with E-state index in [2.05, 4.69) is 31.8 Å². The van der Waals surface area contributed by atoms with Gasteiger partial charge in [0.15, 0.2) is 5.41 Å². The number of hydrogen-bond donors (Lipinski definition) is 1. The zero-order chi connectivity index (χ0) is 18.9. The molecule has 0 bridgehead atoms. The molecule has 1 heterocycles. The zero-order valence-corrected chi connectivity index (χ0v) is 16.1. The summed E-state index contributed by atoms with van der Waals surface area (Å²) in [6.45, 7) is 8.25. The first-order valence-corrected chi connectivity index (χ1v) is 9.55. The normalized spacial score (nSPS) is 25.6. The Morgan fingerprint density at radius 3 is 2.77 bits per heavy atom. The highest BCUT2D eigenvalue weighted by Gasteiger charge is 2.42. The molecular weight excluding hydrogens is 324 g/mol. The summed E-state index contributed by atoms with van der Waals surface area (Å²) in [6, 6.07) is 9.95. The Labute approximate surface area is 155 Å². The number of esters is 1. The lowest BCUT2D eigenvalue weighted by Crippen LogP contribution is -2.41. The number of hydrogen-bond acceptors (Lipinski definition) is 3. The number of ether oxygens (including phenoxy) is 1. The third-order valence-corrected chi connectivity index (χ3v) is 5.98. The van der Waals surface area contributed by atoms with Crippen LogP contribution in [0, 0.1) is 29.1 Å². The minimum Gasteiger partial charge on any atom is -0.461 e. The third-order valence-electron chi connectivity index (χ3n) is 5.98. The van der Waals surface area contributed by atoms with Gasteiger partial charge in [0.05, 0.1) is 6.07 Å². The molecule has 0 aliphatic heterocycles. The van der Waals surface area contributed by atoms with E-state index in [9.17, 15) is 10.1 Å². The van der Waals surface area contributed by atoms with Crippen molar-refractivity contribution in [1.29, 1.82) is 5.26 Å². The number of aromatic nitrogens is 1. The number of para-hydroxylation sites is 1. The summed E-state index contributed by atoms with van der Waals surface area (Å²) in [6.07, 6.45) is 4.79. The van der Waals surface area contributed by atoms with Gasteiger partial charge in [0.25, 0.3) is 0 Å².